The van der Waals surface area contributed by atoms with Gasteiger partial charge in [-0.05, 0) is 17.5 Å². The van der Waals surface area contributed by atoms with Crippen LogP contribution in [0, 0.1) is 0 Å². The van der Waals surface area contributed by atoms with Gasteiger partial charge >= 0.3 is 5.97 Å². The van der Waals surface area contributed by atoms with Crippen molar-refractivity contribution >= 4 is 45.6 Å². The summed E-state index contributed by atoms with van der Waals surface area (Å²) in [5.74, 6) is -2.04. The second-order valence-corrected chi connectivity index (χ2v) is 5.60. The van der Waals surface area contributed by atoms with Crippen LogP contribution in [0.2, 0.25) is 0 Å². The fraction of sp³-hybridized carbons (Fsp3) is 0.0625. The van der Waals surface area contributed by atoms with Crippen molar-refractivity contribution in [3.05, 3.63) is 52.3 Å². The summed E-state index contributed by atoms with van der Waals surface area (Å²) in [6, 6.07) is 8.76. The second kappa shape index (κ2) is 6.05. The number of ether oxygens (including phenoxy) is 1. The highest BCUT2D eigenvalue weighted by molar-refractivity contribution is 7.12. The average molecular weight is 328 g/mol. The lowest BCUT2D eigenvalue weighted by Gasteiger charge is -2.04. The van der Waals surface area contributed by atoms with E-state index in [9.17, 15) is 14.4 Å². The number of para-hydroxylation sites is 1. The maximum absolute atomic E-state index is 12.4. The minimum Gasteiger partial charge on any atom is -0.465 e. The molecule has 1 amide bonds. The van der Waals surface area contributed by atoms with Gasteiger partial charge in [0, 0.05) is 17.1 Å². The van der Waals surface area contributed by atoms with Gasteiger partial charge in [-0.2, -0.15) is 0 Å². The highest BCUT2D eigenvalue weighted by Gasteiger charge is 2.22. The number of thiophene rings is 1. The molecule has 0 saturated carbocycles. The number of amides is 1. The lowest BCUT2D eigenvalue weighted by atomic mass is 10.1. The molecular formula is C16H12N2O4S. The molecule has 0 unspecified atom stereocenters. The van der Waals surface area contributed by atoms with Crippen molar-refractivity contribution < 1.29 is 19.1 Å². The van der Waals surface area contributed by atoms with Crippen LogP contribution < -0.4 is 5.32 Å². The van der Waals surface area contributed by atoms with Crippen molar-refractivity contribution in [1.29, 1.82) is 0 Å². The topological polar surface area (TPSA) is 88.3 Å². The maximum atomic E-state index is 12.4. The van der Waals surface area contributed by atoms with E-state index in [1.165, 1.54) is 13.3 Å². The number of methoxy groups -OCH3 is 1. The highest BCUT2D eigenvalue weighted by atomic mass is 32.1. The standard InChI is InChI=1S/C16H12N2O4S/c1-22-16(21)14-12(6-7-23-14)18-15(20)13(19)10-8-17-11-5-3-2-4-9(10)11/h2-8,17H,1H3,(H,18,20). The Morgan fingerprint density at radius 3 is 2.74 bits per heavy atom. The van der Waals surface area contributed by atoms with Crippen LogP contribution >= 0.6 is 11.3 Å². The number of rotatable bonds is 4. The molecule has 0 fully saturated rings. The van der Waals surface area contributed by atoms with Gasteiger partial charge in [0.2, 0.25) is 0 Å². The molecule has 0 aliphatic carbocycles. The van der Waals surface area contributed by atoms with E-state index >= 15 is 0 Å². The molecule has 1 aromatic carbocycles. The van der Waals surface area contributed by atoms with Crippen molar-refractivity contribution in [3.63, 3.8) is 0 Å². The summed E-state index contributed by atoms with van der Waals surface area (Å²) in [5.41, 5.74) is 1.32. The summed E-state index contributed by atoms with van der Waals surface area (Å²) < 4.78 is 4.64. The third-order valence-electron chi connectivity index (χ3n) is 3.32. The van der Waals surface area contributed by atoms with Gasteiger partial charge < -0.3 is 15.0 Å². The average Bonchev–Trinajstić information content (AvgIpc) is 3.20. The minimum absolute atomic E-state index is 0.243. The molecule has 0 saturated heterocycles. The summed E-state index contributed by atoms with van der Waals surface area (Å²) in [6.07, 6.45) is 1.50. The first-order chi connectivity index (χ1) is 11.1. The third-order valence-corrected chi connectivity index (χ3v) is 4.22. The first-order valence-electron chi connectivity index (χ1n) is 6.69. The molecular weight excluding hydrogens is 316 g/mol. The molecule has 6 nitrogen and oxygen atoms in total. The Hall–Kier alpha value is -2.93. The van der Waals surface area contributed by atoms with Crippen molar-refractivity contribution in [3.8, 4) is 0 Å². The van der Waals surface area contributed by atoms with Crippen molar-refractivity contribution in [2.24, 2.45) is 0 Å². The number of nitrogens with one attached hydrogen (secondary N) is 2. The zero-order valence-corrected chi connectivity index (χ0v) is 12.9. The third kappa shape index (κ3) is 2.74. The number of carbonyl (C=O) groups is 3. The zero-order chi connectivity index (χ0) is 16.4. The first-order valence-corrected chi connectivity index (χ1v) is 7.57. The number of hydrogen-bond acceptors (Lipinski definition) is 5. The minimum atomic E-state index is -0.807. The summed E-state index contributed by atoms with van der Waals surface area (Å²) in [5, 5.41) is 4.78. The fourth-order valence-electron chi connectivity index (χ4n) is 2.22. The second-order valence-electron chi connectivity index (χ2n) is 4.69. The fourth-order valence-corrected chi connectivity index (χ4v) is 2.99. The Morgan fingerprint density at radius 2 is 1.96 bits per heavy atom. The van der Waals surface area contributed by atoms with Gasteiger partial charge in [-0.1, -0.05) is 18.2 Å². The number of aromatic nitrogens is 1. The van der Waals surface area contributed by atoms with Gasteiger partial charge in [-0.3, -0.25) is 9.59 Å². The van der Waals surface area contributed by atoms with Crippen LogP contribution in [0.1, 0.15) is 20.0 Å². The predicted octanol–water partition coefficient (Wildman–Crippen LogP) is 2.84. The van der Waals surface area contributed by atoms with Crippen molar-refractivity contribution in [2.75, 3.05) is 12.4 Å². The van der Waals surface area contributed by atoms with Gasteiger partial charge in [0.25, 0.3) is 11.7 Å². The molecule has 0 bridgehead atoms. The quantitative estimate of drug-likeness (QED) is 0.438. The monoisotopic (exact) mass is 328 g/mol. The van der Waals surface area contributed by atoms with Gasteiger partial charge in [0.05, 0.1) is 18.4 Å². The van der Waals surface area contributed by atoms with E-state index < -0.39 is 17.7 Å². The number of Topliss-reactive ketones (excluding diaryl/α,β-unsaturated/α-hetero) is 1. The number of anilines is 1. The number of aromatic amines is 1. The Balaban J connectivity index is 1.85. The van der Waals surface area contributed by atoms with Gasteiger partial charge in [0.1, 0.15) is 4.88 Å². The summed E-state index contributed by atoms with van der Waals surface area (Å²) in [4.78, 5) is 39.3. The molecule has 2 N–H and O–H groups in total. The van der Waals surface area contributed by atoms with Crippen LogP contribution in [-0.4, -0.2) is 29.8 Å². The lowest BCUT2D eigenvalue weighted by molar-refractivity contribution is -0.112. The lowest BCUT2D eigenvalue weighted by Crippen LogP contribution is -2.23. The SMILES string of the molecule is COC(=O)c1sccc1NC(=O)C(=O)c1c[nH]c2ccccc12. The van der Waals surface area contributed by atoms with E-state index in [0.717, 1.165) is 16.9 Å². The Kier molecular flexibility index (Phi) is 3.94. The van der Waals surface area contributed by atoms with Crippen LogP contribution in [0.5, 0.6) is 0 Å². The molecule has 2 heterocycles. The van der Waals surface area contributed by atoms with Gasteiger partial charge in [0.15, 0.2) is 0 Å². The van der Waals surface area contributed by atoms with Crippen molar-refractivity contribution in [2.45, 2.75) is 0 Å². The van der Waals surface area contributed by atoms with E-state index in [1.54, 1.807) is 23.6 Å². The molecule has 3 aromatic rings. The van der Waals surface area contributed by atoms with Crippen LogP contribution in [0.15, 0.2) is 41.9 Å². The molecule has 3 rings (SSSR count). The molecule has 0 spiro atoms. The molecule has 23 heavy (non-hydrogen) atoms. The molecule has 7 heteroatoms. The Bertz CT molecular complexity index is 910. The number of carbonyl (C=O) groups excluding carboxylic acids is 3. The number of H-pyrrole nitrogens is 1. The number of hydrogen-bond donors (Lipinski definition) is 2. The van der Waals surface area contributed by atoms with Crippen LogP contribution in [0.25, 0.3) is 10.9 Å². The van der Waals surface area contributed by atoms with E-state index in [4.69, 9.17) is 0 Å². The summed E-state index contributed by atoms with van der Waals surface area (Å²) in [7, 11) is 1.25. The van der Waals surface area contributed by atoms with E-state index in [1.807, 2.05) is 12.1 Å². The summed E-state index contributed by atoms with van der Waals surface area (Å²) in [6.45, 7) is 0. The van der Waals surface area contributed by atoms with E-state index in [-0.39, 0.29) is 16.1 Å². The van der Waals surface area contributed by atoms with E-state index in [2.05, 4.69) is 15.0 Å². The van der Waals surface area contributed by atoms with Crippen LogP contribution in [0.3, 0.4) is 0 Å². The molecule has 2 aromatic heterocycles. The summed E-state index contributed by atoms with van der Waals surface area (Å²) >= 11 is 1.13. The van der Waals surface area contributed by atoms with Gasteiger partial charge in [-0.15, -0.1) is 11.3 Å². The van der Waals surface area contributed by atoms with Gasteiger partial charge in [-0.25, -0.2) is 4.79 Å². The first kappa shape index (κ1) is 15.0. The number of ketones is 1. The van der Waals surface area contributed by atoms with Crippen molar-refractivity contribution in [1.82, 2.24) is 4.98 Å². The molecule has 116 valence electrons. The van der Waals surface area contributed by atoms with E-state index in [0.29, 0.717) is 5.39 Å². The largest absolute Gasteiger partial charge is 0.465 e. The normalized spacial score (nSPS) is 10.5. The Morgan fingerprint density at radius 1 is 1.17 bits per heavy atom. The highest BCUT2D eigenvalue weighted by Crippen LogP contribution is 2.24. The molecule has 0 aliphatic rings. The maximum Gasteiger partial charge on any atom is 0.350 e. The smallest absolute Gasteiger partial charge is 0.350 e. The zero-order valence-electron chi connectivity index (χ0n) is 12.1. The van der Waals surface area contributed by atoms with Crippen LogP contribution in [0.4, 0.5) is 5.69 Å². The molecule has 0 radical (unpaired) electrons. The number of fused-ring (bicyclic) bond motifs is 1. The molecule has 0 atom stereocenters. The van der Waals surface area contributed by atoms with Crippen LogP contribution in [-0.2, 0) is 9.53 Å². The Labute approximate surface area is 135 Å². The number of benzene rings is 1. The number of esters is 1. The predicted molar refractivity (Wildman–Crippen MR) is 86.9 cm³/mol. The molecule has 0 aliphatic heterocycles.